The van der Waals surface area contributed by atoms with E-state index in [2.05, 4.69) is 10.4 Å². The van der Waals surface area contributed by atoms with Crippen LogP contribution < -0.4 is 10.1 Å². The number of halogens is 5. The zero-order valence-electron chi connectivity index (χ0n) is 14.9. The number of hydrogen-bond acceptors (Lipinski definition) is 3. The summed E-state index contributed by atoms with van der Waals surface area (Å²) in [5, 5.41) is 5.94. The first-order chi connectivity index (χ1) is 13.6. The number of para-hydroxylation sites is 1. The number of benzene rings is 2. The lowest BCUT2D eigenvalue weighted by molar-refractivity contribution is -0.141. The number of hydrogen-bond donors (Lipinski definition) is 1. The number of ether oxygens (including phenoxy) is 1. The fourth-order valence-electron chi connectivity index (χ4n) is 2.46. The maximum atomic E-state index is 13.7. The van der Waals surface area contributed by atoms with Gasteiger partial charge in [-0.05, 0) is 36.8 Å². The van der Waals surface area contributed by atoms with Crippen LogP contribution in [0.2, 0.25) is 5.02 Å². The van der Waals surface area contributed by atoms with E-state index in [4.69, 9.17) is 16.3 Å². The van der Waals surface area contributed by atoms with Gasteiger partial charge in [0.1, 0.15) is 5.82 Å². The Morgan fingerprint density at radius 1 is 1.21 bits per heavy atom. The van der Waals surface area contributed by atoms with Crippen LogP contribution in [0.25, 0.3) is 5.69 Å². The summed E-state index contributed by atoms with van der Waals surface area (Å²) in [6.07, 6.45) is -4.72. The van der Waals surface area contributed by atoms with E-state index in [1.807, 2.05) is 0 Å². The van der Waals surface area contributed by atoms with Gasteiger partial charge >= 0.3 is 6.18 Å². The van der Waals surface area contributed by atoms with Crippen LogP contribution in [-0.4, -0.2) is 22.3 Å². The molecule has 0 aliphatic carbocycles. The molecule has 1 heterocycles. The number of nitrogens with one attached hydrogen (secondary N) is 1. The molecule has 0 bridgehead atoms. The molecule has 1 amide bonds. The summed E-state index contributed by atoms with van der Waals surface area (Å²) in [5.74, 6) is -1.75. The van der Waals surface area contributed by atoms with Crippen LogP contribution in [0.3, 0.4) is 0 Å². The van der Waals surface area contributed by atoms with Crippen LogP contribution in [-0.2, 0) is 11.0 Å². The third kappa shape index (κ3) is 4.86. The van der Waals surface area contributed by atoms with E-state index in [0.717, 1.165) is 4.68 Å². The number of aryl methyl sites for hydroxylation is 1. The average molecular weight is 428 g/mol. The Kier molecular flexibility index (Phi) is 5.78. The first-order valence-electron chi connectivity index (χ1n) is 8.26. The minimum absolute atomic E-state index is 0.0609. The zero-order chi connectivity index (χ0) is 21.2. The maximum Gasteiger partial charge on any atom is 0.435 e. The summed E-state index contributed by atoms with van der Waals surface area (Å²) in [6.45, 7) is 1.05. The highest BCUT2D eigenvalue weighted by Crippen LogP contribution is 2.33. The number of amides is 1. The Morgan fingerprint density at radius 3 is 2.62 bits per heavy atom. The Balaban J connectivity index is 1.83. The summed E-state index contributed by atoms with van der Waals surface area (Å²) in [5.41, 5.74) is -0.411. The molecule has 2 aromatic carbocycles. The van der Waals surface area contributed by atoms with Crippen molar-refractivity contribution < 1.29 is 27.1 Å². The molecule has 0 atom stereocenters. The summed E-state index contributed by atoms with van der Waals surface area (Å²) in [7, 11) is 0. The number of carbonyl (C=O) groups excluding carboxylic acids is 1. The molecule has 0 saturated carbocycles. The predicted molar refractivity (Wildman–Crippen MR) is 98.8 cm³/mol. The van der Waals surface area contributed by atoms with Crippen molar-refractivity contribution >= 4 is 23.2 Å². The van der Waals surface area contributed by atoms with E-state index < -0.39 is 30.2 Å². The van der Waals surface area contributed by atoms with Gasteiger partial charge < -0.3 is 10.1 Å². The predicted octanol–water partition coefficient (Wildman–Crippen LogP) is 5.01. The number of alkyl halides is 3. The molecule has 0 spiro atoms. The van der Waals surface area contributed by atoms with E-state index in [0.29, 0.717) is 11.6 Å². The lowest BCUT2D eigenvalue weighted by atomic mass is 10.2. The molecule has 0 fully saturated rings. The fourth-order valence-corrected chi connectivity index (χ4v) is 2.68. The molecule has 0 saturated heterocycles. The molecule has 3 aromatic rings. The third-order valence-electron chi connectivity index (χ3n) is 3.79. The van der Waals surface area contributed by atoms with E-state index in [1.54, 1.807) is 19.1 Å². The highest BCUT2D eigenvalue weighted by Gasteiger charge is 2.36. The minimum atomic E-state index is -4.72. The van der Waals surface area contributed by atoms with E-state index in [1.165, 1.54) is 30.3 Å². The topological polar surface area (TPSA) is 56.1 Å². The molecular formula is C19H14ClF4N3O2. The molecule has 5 nitrogen and oxygen atoms in total. The van der Waals surface area contributed by atoms with Gasteiger partial charge in [-0.15, -0.1) is 0 Å². The SMILES string of the molecule is Cc1ccc(F)c(NC(=O)COc2cc(C(F)(F)F)nn2-c2ccccc2Cl)c1. The minimum Gasteiger partial charge on any atom is -0.467 e. The molecule has 1 aromatic heterocycles. The van der Waals surface area contributed by atoms with Crippen LogP contribution in [0.1, 0.15) is 11.3 Å². The van der Waals surface area contributed by atoms with Gasteiger partial charge in [0.2, 0.25) is 5.88 Å². The Labute approximate surface area is 167 Å². The highest BCUT2D eigenvalue weighted by molar-refractivity contribution is 6.32. The second kappa shape index (κ2) is 8.12. The lowest BCUT2D eigenvalue weighted by Crippen LogP contribution is -2.21. The van der Waals surface area contributed by atoms with Crippen molar-refractivity contribution in [1.82, 2.24) is 9.78 Å². The van der Waals surface area contributed by atoms with Crippen molar-refractivity contribution in [3.63, 3.8) is 0 Å². The molecule has 152 valence electrons. The number of aromatic nitrogens is 2. The molecule has 0 unspecified atom stereocenters. The fraction of sp³-hybridized carbons (Fsp3) is 0.158. The molecule has 0 radical (unpaired) electrons. The van der Waals surface area contributed by atoms with Gasteiger partial charge in [0.25, 0.3) is 5.91 Å². The van der Waals surface area contributed by atoms with Crippen molar-refractivity contribution in [1.29, 1.82) is 0 Å². The first kappa shape index (κ1) is 20.7. The van der Waals surface area contributed by atoms with Crippen molar-refractivity contribution in [3.05, 3.63) is 70.6 Å². The van der Waals surface area contributed by atoms with E-state index in [-0.39, 0.29) is 22.3 Å². The van der Waals surface area contributed by atoms with Crippen molar-refractivity contribution in [2.75, 3.05) is 11.9 Å². The first-order valence-corrected chi connectivity index (χ1v) is 8.64. The largest absolute Gasteiger partial charge is 0.467 e. The molecule has 0 aliphatic heterocycles. The number of nitrogens with zero attached hydrogens (tertiary/aromatic N) is 2. The molecule has 10 heteroatoms. The van der Waals surface area contributed by atoms with Crippen molar-refractivity contribution in [2.24, 2.45) is 0 Å². The molecular weight excluding hydrogens is 414 g/mol. The summed E-state index contributed by atoms with van der Waals surface area (Å²) >= 11 is 6.04. The summed E-state index contributed by atoms with van der Waals surface area (Å²) in [4.78, 5) is 12.1. The normalized spacial score (nSPS) is 11.4. The van der Waals surface area contributed by atoms with Crippen LogP contribution in [0.4, 0.5) is 23.2 Å². The zero-order valence-corrected chi connectivity index (χ0v) is 15.7. The third-order valence-corrected chi connectivity index (χ3v) is 4.11. The summed E-state index contributed by atoms with van der Waals surface area (Å²) < 4.78 is 59.1. The van der Waals surface area contributed by atoms with Gasteiger partial charge in [0, 0.05) is 6.07 Å². The Bertz CT molecular complexity index is 1050. The Morgan fingerprint density at radius 2 is 1.93 bits per heavy atom. The van der Waals surface area contributed by atoms with E-state index in [9.17, 15) is 22.4 Å². The highest BCUT2D eigenvalue weighted by atomic mass is 35.5. The van der Waals surface area contributed by atoms with Gasteiger partial charge in [-0.1, -0.05) is 29.8 Å². The quantitative estimate of drug-likeness (QED) is 0.582. The smallest absolute Gasteiger partial charge is 0.435 e. The number of carbonyl (C=O) groups is 1. The second-order valence-electron chi connectivity index (χ2n) is 6.05. The van der Waals surface area contributed by atoms with Gasteiger partial charge in [-0.3, -0.25) is 4.79 Å². The van der Waals surface area contributed by atoms with Crippen molar-refractivity contribution in [2.45, 2.75) is 13.1 Å². The van der Waals surface area contributed by atoms with Crippen LogP contribution in [0.5, 0.6) is 5.88 Å². The van der Waals surface area contributed by atoms with Gasteiger partial charge in [-0.25, -0.2) is 4.39 Å². The molecule has 1 N–H and O–H groups in total. The van der Waals surface area contributed by atoms with Crippen LogP contribution in [0, 0.1) is 12.7 Å². The lowest BCUT2D eigenvalue weighted by Gasteiger charge is -2.11. The van der Waals surface area contributed by atoms with Gasteiger partial charge in [0.15, 0.2) is 12.3 Å². The summed E-state index contributed by atoms with van der Waals surface area (Å²) in [6, 6.07) is 10.9. The number of rotatable bonds is 5. The number of anilines is 1. The van der Waals surface area contributed by atoms with Gasteiger partial charge in [-0.2, -0.15) is 23.0 Å². The standard InChI is InChI=1S/C19H14ClF4N3O2/c1-11-6-7-13(21)14(8-11)25-17(28)10-29-18-9-16(19(22,23)24)26-27(18)15-5-3-2-4-12(15)20/h2-9H,10H2,1H3,(H,25,28). The Hall–Kier alpha value is -3.07. The second-order valence-corrected chi connectivity index (χ2v) is 6.46. The average Bonchev–Trinajstić information content (AvgIpc) is 3.08. The molecule has 29 heavy (non-hydrogen) atoms. The van der Waals surface area contributed by atoms with Crippen molar-refractivity contribution in [3.8, 4) is 11.6 Å². The molecule has 0 aliphatic rings. The van der Waals surface area contributed by atoms with Crippen LogP contribution >= 0.6 is 11.6 Å². The monoisotopic (exact) mass is 427 g/mol. The molecule has 3 rings (SSSR count). The van der Waals surface area contributed by atoms with Crippen LogP contribution in [0.15, 0.2) is 48.5 Å². The maximum absolute atomic E-state index is 13.7. The van der Waals surface area contributed by atoms with E-state index >= 15 is 0 Å². The van der Waals surface area contributed by atoms with Gasteiger partial charge in [0.05, 0.1) is 16.4 Å².